The van der Waals surface area contributed by atoms with E-state index in [0.717, 1.165) is 11.3 Å². The zero-order valence-corrected chi connectivity index (χ0v) is 8.89. The van der Waals surface area contributed by atoms with Crippen LogP contribution in [0.25, 0.3) is 0 Å². The molecular weight excluding hydrogens is 164 g/mol. The van der Waals surface area contributed by atoms with Crippen molar-refractivity contribution >= 4 is 0 Å². The lowest BCUT2D eigenvalue weighted by molar-refractivity contribution is 0.373. The second-order valence-corrected chi connectivity index (χ2v) is 4.46. The van der Waals surface area contributed by atoms with Crippen molar-refractivity contribution in [3.63, 3.8) is 0 Å². The molecule has 0 bridgehead atoms. The first-order valence-corrected chi connectivity index (χ1v) is 4.44. The van der Waals surface area contributed by atoms with Crippen molar-refractivity contribution in [2.24, 2.45) is 0 Å². The molecule has 0 aromatic carbocycles. The Bertz CT molecular complexity index is 367. The zero-order valence-electron chi connectivity index (χ0n) is 8.89. The van der Waals surface area contributed by atoms with Crippen molar-refractivity contribution < 1.29 is 4.42 Å². The molecule has 13 heavy (non-hydrogen) atoms. The highest BCUT2D eigenvalue weighted by atomic mass is 16.4. The van der Waals surface area contributed by atoms with Crippen LogP contribution in [0.1, 0.15) is 37.7 Å². The van der Waals surface area contributed by atoms with E-state index in [1.165, 1.54) is 0 Å². The Kier molecular flexibility index (Phi) is 2.33. The van der Waals surface area contributed by atoms with Gasteiger partial charge < -0.3 is 4.42 Å². The van der Waals surface area contributed by atoms with Crippen LogP contribution in [0.4, 0.5) is 0 Å². The summed E-state index contributed by atoms with van der Waals surface area (Å²) in [5.74, 6) is 0.751. The number of hydrogen-bond donors (Lipinski definition) is 0. The first kappa shape index (κ1) is 10.0. The number of rotatable bonds is 0. The van der Waals surface area contributed by atoms with Crippen LogP contribution in [0, 0.1) is 13.8 Å². The molecule has 0 aliphatic rings. The van der Waals surface area contributed by atoms with E-state index in [4.69, 9.17) is 4.42 Å². The van der Waals surface area contributed by atoms with Gasteiger partial charge in [0.15, 0.2) is 0 Å². The molecule has 0 radical (unpaired) electrons. The number of hydrogen-bond acceptors (Lipinski definition) is 2. The van der Waals surface area contributed by atoms with Crippen LogP contribution >= 0.6 is 0 Å². The van der Waals surface area contributed by atoms with Crippen LogP contribution in [0.15, 0.2) is 15.3 Å². The van der Waals surface area contributed by atoms with Gasteiger partial charge in [-0.2, -0.15) is 0 Å². The first-order valence-electron chi connectivity index (χ1n) is 4.44. The Morgan fingerprint density at radius 1 is 1.23 bits per heavy atom. The summed E-state index contributed by atoms with van der Waals surface area (Å²) in [5, 5.41) is 0. The summed E-state index contributed by atoms with van der Waals surface area (Å²) in [6, 6.07) is 1.94. The Morgan fingerprint density at radius 2 is 1.77 bits per heavy atom. The van der Waals surface area contributed by atoms with Crippen molar-refractivity contribution in [3.8, 4) is 0 Å². The van der Waals surface area contributed by atoms with Gasteiger partial charge in [-0.25, -0.2) is 4.79 Å². The van der Waals surface area contributed by atoms with E-state index >= 15 is 0 Å². The molecule has 0 atom stereocenters. The highest BCUT2D eigenvalue weighted by molar-refractivity contribution is 5.24. The van der Waals surface area contributed by atoms with Crippen LogP contribution in [0.5, 0.6) is 0 Å². The van der Waals surface area contributed by atoms with Crippen molar-refractivity contribution in [2.45, 2.75) is 40.0 Å². The largest absolute Gasteiger partial charge is 0.427 e. The molecule has 72 valence electrons. The van der Waals surface area contributed by atoms with Crippen LogP contribution in [0.3, 0.4) is 0 Å². The van der Waals surface area contributed by atoms with Gasteiger partial charge in [0.05, 0.1) is 0 Å². The predicted molar refractivity (Wildman–Crippen MR) is 53.2 cm³/mol. The molecule has 0 aliphatic carbocycles. The molecule has 0 spiro atoms. The van der Waals surface area contributed by atoms with Crippen LogP contribution in [-0.2, 0) is 5.41 Å². The zero-order chi connectivity index (χ0) is 10.2. The normalized spacial score (nSPS) is 11.8. The van der Waals surface area contributed by atoms with Gasteiger partial charge in [0, 0.05) is 11.0 Å². The third-order valence-electron chi connectivity index (χ3n) is 2.19. The standard InChI is InChI=1S/C11H16O2/c1-7-6-9(11(3,4)5)13-10(12)8(7)2/h6H,1-5H3. The first-order chi connectivity index (χ1) is 5.82. The van der Waals surface area contributed by atoms with Crippen molar-refractivity contribution in [1.29, 1.82) is 0 Å². The fraction of sp³-hybridized carbons (Fsp3) is 0.545. The summed E-state index contributed by atoms with van der Waals surface area (Å²) >= 11 is 0. The molecule has 0 saturated carbocycles. The van der Waals surface area contributed by atoms with Crippen molar-refractivity contribution in [3.05, 3.63) is 33.4 Å². The second kappa shape index (κ2) is 3.02. The molecular formula is C11H16O2. The van der Waals surface area contributed by atoms with E-state index in [1.807, 2.05) is 33.8 Å². The van der Waals surface area contributed by atoms with Gasteiger partial charge >= 0.3 is 5.63 Å². The summed E-state index contributed by atoms with van der Waals surface area (Å²) in [5.41, 5.74) is 1.39. The average molecular weight is 180 g/mol. The highest BCUT2D eigenvalue weighted by Gasteiger charge is 2.18. The predicted octanol–water partition coefficient (Wildman–Crippen LogP) is 2.55. The van der Waals surface area contributed by atoms with E-state index in [0.29, 0.717) is 5.56 Å². The molecule has 0 fully saturated rings. The van der Waals surface area contributed by atoms with Gasteiger partial charge in [-0.15, -0.1) is 0 Å². The van der Waals surface area contributed by atoms with Crippen LogP contribution < -0.4 is 5.63 Å². The Balaban J connectivity index is 3.38. The third kappa shape index (κ3) is 2.00. The van der Waals surface area contributed by atoms with Gasteiger partial charge in [-0.05, 0) is 25.5 Å². The van der Waals surface area contributed by atoms with Crippen LogP contribution in [0.2, 0.25) is 0 Å². The quantitative estimate of drug-likeness (QED) is 0.614. The molecule has 0 unspecified atom stereocenters. The molecule has 1 rings (SSSR count). The van der Waals surface area contributed by atoms with Crippen LogP contribution in [-0.4, -0.2) is 0 Å². The SMILES string of the molecule is Cc1cc(C(C)(C)C)oc(=O)c1C. The Morgan fingerprint density at radius 3 is 2.15 bits per heavy atom. The fourth-order valence-electron chi connectivity index (χ4n) is 1.04. The van der Waals surface area contributed by atoms with E-state index < -0.39 is 0 Å². The summed E-state index contributed by atoms with van der Waals surface area (Å²) in [7, 11) is 0. The summed E-state index contributed by atoms with van der Waals surface area (Å²) in [6.45, 7) is 9.80. The minimum atomic E-state index is -0.218. The van der Waals surface area contributed by atoms with Crippen molar-refractivity contribution in [2.75, 3.05) is 0 Å². The van der Waals surface area contributed by atoms with Crippen molar-refractivity contribution in [1.82, 2.24) is 0 Å². The summed E-state index contributed by atoms with van der Waals surface area (Å²) in [6.07, 6.45) is 0. The molecule has 1 aromatic heterocycles. The third-order valence-corrected chi connectivity index (χ3v) is 2.19. The van der Waals surface area contributed by atoms with Gasteiger partial charge in [-0.3, -0.25) is 0 Å². The van der Waals surface area contributed by atoms with E-state index in [2.05, 4.69) is 0 Å². The maximum atomic E-state index is 11.3. The minimum Gasteiger partial charge on any atom is -0.427 e. The number of aryl methyl sites for hydroxylation is 1. The molecule has 2 heteroatoms. The molecule has 2 nitrogen and oxygen atoms in total. The topological polar surface area (TPSA) is 30.2 Å². The van der Waals surface area contributed by atoms with Gasteiger partial charge in [-0.1, -0.05) is 20.8 Å². The lowest BCUT2D eigenvalue weighted by Gasteiger charge is -2.17. The highest BCUT2D eigenvalue weighted by Crippen LogP contribution is 2.22. The lowest BCUT2D eigenvalue weighted by Crippen LogP contribution is -2.16. The lowest BCUT2D eigenvalue weighted by atomic mass is 9.92. The van der Waals surface area contributed by atoms with Gasteiger partial charge in [0.25, 0.3) is 0 Å². The average Bonchev–Trinajstić information content (AvgIpc) is 1.97. The van der Waals surface area contributed by atoms with Gasteiger partial charge in [0.1, 0.15) is 5.76 Å². The molecule has 0 N–H and O–H groups in total. The Labute approximate surface area is 78.6 Å². The fourth-order valence-corrected chi connectivity index (χ4v) is 1.04. The molecule has 0 aliphatic heterocycles. The monoisotopic (exact) mass is 180 g/mol. The molecule has 1 heterocycles. The maximum Gasteiger partial charge on any atom is 0.339 e. The molecule has 0 amide bonds. The summed E-state index contributed by atoms with van der Waals surface area (Å²) < 4.78 is 5.20. The summed E-state index contributed by atoms with van der Waals surface area (Å²) in [4.78, 5) is 11.3. The Hall–Kier alpha value is -1.05. The smallest absolute Gasteiger partial charge is 0.339 e. The molecule has 1 aromatic rings. The maximum absolute atomic E-state index is 11.3. The molecule has 0 saturated heterocycles. The van der Waals surface area contributed by atoms with E-state index in [9.17, 15) is 4.79 Å². The second-order valence-electron chi connectivity index (χ2n) is 4.46. The van der Waals surface area contributed by atoms with E-state index in [1.54, 1.807) is 6.92 Å². The minimum absolute atomic E-state index is 0.0996. The van der Waals surface area contributed by atoms with Gasteiger partial charge in [0.2, 0.25) is 0 Å². The van der Waals surface area contributed by atoms with E-state index in [-0.39, 0.29) is 11.0 Å².